The van der Waals surface area contributed by atoms with Crippen molar-refractivity contribution in [2.75, 3.05) is 0 Å². The normalized spacial score (nSPS) is 12.4. The highest BCUT2D eigenvalue weighted by molar-refractivity contribution is 6.21. The molecule has 0 atom stereocenters. The van der Waals surface area contributed by atoms with E-state index in [0.29, 0.717) is 21.8 Å². The van der Waals surface area contributed by atoms with Gasteiger partial charge in [-0.1, -0.05) is 42.5 Å². The second-order valence-electron chi connectivity index (χ2n) is 8.16. The van der Waals surface area contributed by atoms with Crippen LogP contribution < -0.4 is 10.7 Å². The third kappa shape index (κ3) is 2.97. The molecule has 0 heterocycles. The molecule has 0 radical (unpaired) electrons. The first-order valence-electron chi connectivity index (χ1n) is 10.7. The van der Waals surface area contributed by atoms with Crippen LogP contribution in [0.1, 0.15) is 0 Å². The van der Waals surface area contributed by atoms with Crippen molar-refractivity contribution in [1.29, 1.82) is 5.26 Å². The van der Waals surface area contributed by atoms with E-state index in [-0.39, 0.29) is 0 Å². The molecule has 5 nitrogen and oxygen atoms in total. The lowest BCUT2D eigenvalue weighted by Crippen LogP contribution is -1.99. The van der Waals surface area contributed by atoms with Gasteiger partial charge in [0, 0.05) is 21.5 Å². The lowest BCUT2D eigenvalue weighted by atomic mass is 10.0. The highest BCUT2D eigenvalue weighted by Gasteiger charge is 2.17. The van der Waals surface area contributed by atoms with Gasteiger partial charge in [0.1, 0.15) is 5.82 Å². The van der Waals surface area contributed by atoms with Crippen molar-refractivity contribution < 1.29 is 4.39 Å². The summed E-state index contributed by atoms with van der Waals surface area (Å²) in [5, 5.41) is 20.8. The molecule has 6 rings (SSSR count). The maximum Gasteiger partial charge on any atom is 0.206 e. The van der Waals surface area contributed by atoms with E-state index in [0.717, 1.165) is 48.8 Å². The molecule has 0 saturated carbocycles. The van der Waals surface area contributed by atoms with Crippen LogP contribution in [0.2, 0.25) is 0 Å². The summed E-state index contributed by atoms with van der Waals surface area (Å²) in [6.45, 7) is 14.6. The highest BCUT2D eigenvalue weighted by atomic mass is 19.1. The number of hydrogen-bond donors (Lipinski definition) is 0. The minimum Gasteiger partial charge on any atom is -0.238 e. The summed E-state index contributed by atoms with van der Waals surface area (Å²) in [5.74, 6) is -0.396. The van der Waals surface area contributed by atoms with Crippen molar-refractivity contribution in [3.8, 4) is 17.3 Å². The SMILES string of the molecule is [C-]#[N+]/N=c1\c2cc(-c3ccc([N+]#[C-])cc3)ccc2c2cc3/c(=N/C#N)c4cc(F)ccc4c3cc12. The van der Waals surface area contributed by atoms with Gasteiger partial charge in [0.05, 0.1) is 17.0 Å². The first-order valence-corrected chi connectivity index (χ1v) is 10.7. The van der Waals surface area contributed by atoms with Crippen LogP contribution in [0.3, 0.4) is 0 Å². The Labute approximate surface area is 198 Å². The topological polar surface area (TPSA) is 57.2 Å². The molecular formula is C29H12FN5. The molecule has 0 bridgehead atoms. The van der Waals surface area contributed by atoms with Gasteiger partial charge in [0.2, 0.25) is 6.19 Å². The fourth-order valence-electron chi connectivity index (χ4n) is 4.89. The Hall–Kier alpha value is -5.38. The number of rotatable bonds is 1. The zero-order valence-electron chi connectivity index (χ0n) is 18.0. The number of nitriles is 1. The molecule has 6 heteroatoms. The molecule has 160 valence electrons. The summed E-state index contributed by atoms with van der Waals surface area (Å²) in [7, 11) is 0. The number of benzene rings is 4. The zero-order valence-corrected chi connectivity index (χ0v) is 18.0. The van der Waals surface area contributed by atoms with Crippen LogP contribution in [0.5, 0.6) is 0 Å². The van der Waals surface area contributed by atoms with E-state index in [1.807, 2.05) is 48.7 Å². The van der Waals surface area contributed by atoms with Crippen molar-refractivity contribution >= 4 is 48.8 Å². The van der Waals surface area contributed by atoms with E-state index in [4.69, 9.17) is 13.1 Å². The first kappa shape index (κ1) is 20.2. The summed E-state index contributed by atoms with van der Waals surface area (Å²) in [4.78, 5) is 10.8. The molecule has 0 spiro atoms. The number of hydrogen-bond acceptors (Lipinski definition) is 3. The summed E-state index contributed by atoms with van der Waals surface area (Å²) in [5.41, 5.74) is 2.48. The molecule has 0 aromatic heterocycles. The van der Waals surface area contributed by atoms with Gasteiger partial charge in [0.15, 0.2) is 11.0 Å². The summed E-state index contributed by atoms with van der Waals surface area (Å²) < 4.78 is 14.0. The van der Waals surface area contributed by atoms with Gasteiger partial charge in [-0.15, -0.1) is 4.95 Å². The standard InChI is InChI=1S/C29H12FN5/c1-32-19-7-3-16(4-8-19)17-5-9-20-23-13-26-22(14-27(23)29(35-33-2)24(20)11-17)21-10-6-18(30)12-25(21)28(26)34-15-31/h3-14H/b34-28+,35-29+. The second kappa shape index (κ2) is 7.59. The smallest absolute Gasteiger partial charge is 0.206 e. The van der Waals surface area contributed by atoms with E-state index in [1.165, 1.54) is 12.1 Å². The first-order chi connectivity index (χ1) is 17.1. The Morgan fingerprint density at radius 1 is 0.657 bits per heavy atom. The lowest BCUT2D eigenvalue weighted by Gasteiger charge is -2.02. The average Bonchev–Trinajstić information content (AvgIpc) is 3.34. The molecule has 0 amide bonds. The molecule has 0 unspecified atom stereocenters. The van der Waals surface area contributed by atoms with Crippen molar-refractivity contribution in [2.45, 2.75) is 0 Å². The molecule has 0 aliphatic carbocycles. The Morgan fingerprint density at radius 2 is 1.26 bits per heavy atom. The van der Waals surface area contributed by atoms with Gasteiger partial charge in [-0.3, -0.25) is 0 Å². The molecule has 6 aromatic carbocycles. The monoisotopic (exact) mass is 449 g/mol. The van der Waals surface area contributed by atoms with E-state index in [2.05, 4.69) is 19.9 Å². The highest BCUT2D eigenvalue weighted by Crippen LogP contribution is 2.34. The van der Waals surface area contributed by atoms with Crippen molar-refractivity contribution in [1.82, 2.24) is 0 Å². The molecule has 6 aromatic rings. The Bertz CT molecular complexity index is 2090. The molecule has 0 aliphatic heterocycles. The molecule has 0 saturated heterocycles. The summed E-state index contributed by atoms with van der Waals surface area (Å²) in [6, 6.07) is 21.7. The Balaban J connectivity index is 1.74. The van der Waals surface area contributed by atoms with Gasteiger partial charge in [-0.05, 0) is 63.0 Å². The van der Waals surface area contributed by atoms with Crippen LogP contribution in [0, 0.1) is 30.4 Å². The van der Waals surface area contributed by atoms with Gasteiger partial charge in [-0.2, -0.15) is 16.8 Å². The van der Waals surface area contributed by atoms with E-state index in [9.17, 15) is 9.65 Å². The quantitative estimate of drug-likeness (QED) is 0.158. The van der Waals surface area contributed by atoms with E-state index in [1.54, 1.807) is 18.2 Å². The fourth-order valence-corrected chi connectivity index (χ4v) is 4.89. The van der Waals surface area contributed by atoms with E-state index >= 15 is 0 Å². The zero-order chi connectivity index (χ0) is 24.1. The van der Waals surface area contributed by atoms with Crippen LogP contribution in [-0.4, -0.2) is 0 Å². The van der Waals surface area contributed by atoms with Crippen molar-refractivity contribution in [2.24, 2.45) is 10.1 Å². The van der Waals surface area contributed by atoms with Crippen LogP contribution in [0.25, 0.3) is 64.0 Å². The van der Waals surface area contributed by atoms with Gasteiger partial charge >= 0.3 is 0 Å². The maximum atomic E-state index is 14.0. The number of nitrogens with zero attached hydrogens (tertiary/aromatic N) is 5. The molecule has 0 fully saturated rings. The van der Waals surface area contributed by atoms with Gasteiger partial charge < -0.3 is 0 Å². The molecule has 0 aliphatic rings. The summed E-state index contributed by atoms with van der Waals surface area (Å²) >= 11 is 0. The average molecular weight is 449 g/mol. The van der Waals surface area contributed by atoms with E-state index < -0.39 is 5.82 Å². The largest absolute Gasteiger partial charge is 0.238 e. The molecule has 0 N–H and O–H groups in total. The number of fused-ring (bicyclic) bond motifs is 6. The Kier molecular flexibility index (Phi) is 4.39. The maximum absolute atomic E-state index is 14.0. The molecular weight excluding hydrogens is 437 g/mol. The van der Waals surface area contributed by atoms with Gasteiger partial charge in [-0.25, -0.2) is 9.24 Å². The number of halogens is 1. The fraction of sp³-hybridized carbons (Fsp3) is 0. The van der Waals surface area contributed by atoms with Crippen LogP contribution in [0.4, 0.5) is 10.1 Å². The summed E-state index contributed by atoms with van der Waals surface area (Å²) in [6.07, 6.45) is 1.84. The van der Waals surface area contributed by atoms with Crippen molar-refractivity contribution in [3.63, 3.8) is 0 Å². The minimum atomic E-state index is -0.396. The third-order valence-corrected chi connectivity index (χ3v) is 6.40. The Morgan fingerprint density at radius 3 is 1.91 bits per heavy atom. The third-order valence-electron chi connectivity index (χ3n) is 6.40. The lowest BCUT2D eigenvalue weighted by molar-refractivity contribution is 0.629. The van der Waals surface area contributed by atoms with Crippen LogP contribution >= 0.6 is 0 Å². The molecule has 35 heavy (non-hydrogen) atoms. The predicted octanol–water partition coefficient (Wildman–Crippen LogP) is 6.65. The minimum absolute atomic E-state index is 0.396. The predicted molar refractivity (Wildman–Crippen MR) is 134 cm³/mol. The van der Waals surface area contributed by atoms with Crippen LogP contribution in [-0.2, 0) is 0 Å². The second-order valence-corrected chi connectivity index (χ2v) is 8.16. The van der Waals surface area contributed by atoms with Gasteiger partial charge in [0.25, 0.3) is 0 Å². The van der Waals surface area contributed by atoms with Crippen LogP contribution in [0.15, 0.2) is 82.9 Å². The van der Waals surface area contributed by atoms with Crippen molar-refractivity contribution in [3.05, 3.63) is 112 Å².